The number of nitrogens with zero attached hydrogens (tertiary/aromatic N) is 2. The number of rotatable bonds is 4. The molecule has 0 aromatic heterocycles. The molecule has 0 saturated carbocycles. The van der Waals surface area contributed by atoms with Gasteiger partial charge in [0.25, 0.3) is 11.1 Å². The van der Waals surface area contributed by atoms with Crippen molar-refractivity contribution in [3.63, 3.8) is 0 Å². The van der Waals surface area contributed by atoms with Gasteiger partial charge in [0.1, 0.15) is 10.7 Å². The van der Waals surface area contributed by atoms with Crippen LogP contribution < -0.4 is 10.1 Å². The maximum Gasteiger partial charge on any atom is 0.328 e. The molecule has 2 N–H and O–H groups in total. The molecule has 3 rings (SSSR count). The quantitative estimate of drug-likeness (QED) is 0.792. The van der Waals surface area contributed by atoms with Crippen molar-refractivity contribution in [2.24, 2.45) is 5.10 Å². The van der Waals surface area contributed by atoms with Gasteiger partial charge in [-0.05, 0) is 41.6 Å². The van der Waals surface area contributed by atoms with E-state index in [2.05, 4.69) is 10.4 Å². The minimum Gasteiger partial charge on any atom is -0.497 e. The Kier molecular flexibility index (Phi) is 4.26. The molecule has 1 aromatic carbocycles. The van der Waals surface area contributed by atoms with Gasteiger partial charge in [-0.1, -0.05) is 0 Å². The number of amides is 2. The van der Waals surface area contributed by atoms with Gasteiger partial charge in [-0.3, -0.25) is 19.9 Å². The molecule has 1 aromatic rings. The molecule has 8 nitrogen and oxygen atoms in total. The fourth-order valence-corrected chi connectivity index (χ4v) is 2.98. The van der Waals surface area contributed by atoms with E-state index in [1.54, 1.807) is 31.4 Å². The zero-order valence-electron chi connectivity index (χ0n) is 12.6. The van der Waals surface area contributed by atoms with Gasteiger partial charge in [0.2, 0.25) is 0 Å². The molecule has 0 spiro atoms. The van der Waals surface area contributed by atoms with Crippen LogP contribution in [0.4, 0.5) is 4.79 Å². The number of nitrogens with one attached hydrogen (secondary N) is 1. The number of carbonyl (C=O) groups is 3. The summed E-state index contributed by atoms with van der Waals surface area (Å²) < 4.78 is 5.09. The van der Waals surface area contributed by atoms with Crippen LogP contribution in [0.1, 0.15) is 12.0 Å². The van der Waals surface area contributed by atoms with Crippen LogP contribution in [0.15, 0.2) is 40.5 Å². The van der Waals surface area contributed by atoms with Crippen molar-refractivity contribution < 1.29 is 24.2 Å². The highest BCUT2D eigenvalue weighted by Crippen LogP contribution is 2.28. The lowest BCUT2D eigenvalue weighted by Crippen LogP contribution is -2.31. The highest BCUT2D eigenvalue weighted by atomic mass is 32.2. The van der Waals surface area contributed by atoms with E-state index < -0.39 is 23.2 Å². The maximum absolute atomic E-state index is 11.6. The number of benzene rings is 1. The Morgan fingerprint density at radius 2 is 2.12 bits per heavy atom. The molecule has 1 fully saturated rings. The van der Waals surface area contributed by atoms with Crippen LogP contribution >= 0.6 is 11.8 Å². The molecule has 0 aliphatic carbocycles. The van der Waals surface area contributed by atoms with Crippen LogP contribution in [0.25, 0.3) is 0 Å². The number of ether oxygens (including phenoxy) is 1. The monoisotopic (exact) mass is 347 g/mol. The summed E-state index contributed by atoms with van der Waals surface area (Å²) in [4.78, 5) is 34.4. The summed E-state index contributed by atoms with van der Waals surface area (Å²) in [5.41, 5.74) is 1.35. The van der Waals surface area contributed by atoms with Gasteiger partial charge < -0.3 is 9.84 Å². The first-order valence-electron chi connectivity index (χ1n) is 6.96. The second kappa shape index (κ2) is 6.36. The zero-order valence-corrected chi connectivity index (χ0v) is 13.4. The minimum absolute atomic E-state index is 0.117. The van der Waals surface area contributed by atoms with Crippen LogP contribution in [0.5, 0.6) is 5.75 Å². The number of imide groups is 1. The van der Waals surface area contributed by atoms with Gasteiger partial charge >= 0.3 is 5.97 Å². The Morgan fingerprint density at radius 1 is 1.42 bits per heavy atom. The molecular weight excluding hydrogens is 334 g/mol. The Balaban J connectivity index is 1.89. The lowest BCUT2D eigenvalue weighted by molar-refractivity contribution is -0.141. The molecule has 0 unspecified atom stereocenters. The van der Waals surface area contributed by atoms with Crippen LogP contribution in [0.2, 0.25) is 0 Å². The minimum atomic E-state index is -1.06. The summed E-state index contributed by atoms with van der Waals surface area (Å²) in [5.74, 6) is -0.931. The lowest BCUT2D eigenvalue weighted by atomic mass is 10.0. The highest BCUT2D eigenvalue weighted by Gasteiger charge is 2.34. The fraction of sp³-hybridized carbons (Fsp3) is 0.200. The Labute approximate surface area is 141 Å². The number of hydrazone groups is 1. The van der Waals surface area contributed by atoms with E-state index in [4.69, 9.17) is 4.74 Å². The van der Waals surface area contributed by atoms with E-state index in [9.17, 15) is 19.5 Å². The summed E-state index contributed by atoms with van der Waals surface area (Å²) in [6.45, 7) is 0. The summed E-state index contributed by atoms with van der Waals surface area (Å²) in [5, 5.41) is 16.5. The second-order valence-electron chi connectivity index (χ2n) is 5.05. The van der Waals surface area contributed by atoms with Crippen molar-refractivity contribution in [2.75, 3.05) is 7.11 Å². The van der Waals surface area contributed by atoms with E-state index in [1.807, 2.05) is 0 Å². The number of carboxylic acid groups (broad SMARTS) is 1. The highest BCUT2D eigenvalue weighted by molar-refractivity contribution is 8.18. The van der Waals surface area contributed by atoms with Crippen LogP contribution in [0.3, 0.4) is 0 Å². The van der Waals surface area contributed by atoms with Gasteiger partial charge in [0, 0.05) is 12.6 Å². The topological polar surface area (TPSA) is 108 Å². The Morgan fingerprint density at radius 3 is 2.67 bits per heavy atom. The molecule has 1 atom stereocenters. The SMILES string of the molecule is COc1ccc(C2=NN(/C=C3\SC(=O)NC3=O)[C@@H](C(=O)O)C2)cc1. The molecule has 124 valence electrons. The lowest BCUT2D eigenvalue weighted by Gasteiger charge is -2.15. The van der Waals surface area contributed by atoms with Gasteiger partial charge in [-0.2, -0.15) is 5.10 Å². The van der Waals surface area contributed by atoms with E-state index in [1.165, 1.54) is 11.2 Å². The van der Waals surface area contributed by atoms with Gasteiger partial charge in [-0.25, -0.2) is 4.79 Å². The van der Waals surface area contributed by atoms with E-state index in [0.717, 1.165) is 17.3 Å². The second-order valence-corrected chi connectivity index (χ2v) is 6.07. The molecular formula is C15H13N3O5S. The van der Waals surface area contributed by atoms with Crippen LogP contribution in [-0.2, 0) is 9.59 Å². The smallest absolute Gasteiger partial charge is 0.328 e. The van der Waals surface area contributed by atoms with Crippen molar-refractivity contribution >= 4 is 34.6 Å². The number of hydrogen-bond donors (Lipinski definition) is 2. The molecule has 24 heavy (non-hydrogen) atoms. The standard InChI is InChI=1S/C15H13N3O5S/c1-23-9-4-2-8(3-5-9)10-6-11(14(20)21)18(17-10)7-12-13(19)16-15(22)24-12/h2-5,7,11H,6H2,1H3,(H,20,21)(H,16,19,22)/b12-7-/t11-/m1/s1. The molecule has 0 bridgehead atoms. The number of hydrogen-bond acceptors (Lipinski definition) is 7. The Hall–Kier alpha value is -2.81. The van der Waals surface area contributed by atoms with E-state index in [-0.39, 0.29) is 11.3 Å². The average Bonchev–Trinajstić information content (AvgIpc) is 3.11. The van der Waals surface area contributed by atoms with Crippen LogP contribution in [-0.4, -0.2) is 46.1 Å². The van der Waals surface area contributed by atoms with Gasteiger partial charge in [0.15, 0.2) is 6.04 Å². The predicted octanol–water partition coefficient (Wildman–Crippen LogP) is 1.38. The van der Waals surface area contributed by atoms with E-state index in [0.29, 0.717) is 11.5 Å². The number of carboxylic acids is 1. The molecule has 9 heteroatoms. The first kappa shape index (κ1) is 16.1. The van der Waals surface area contributed by atoms with Crippen LogP contribution in [0, 0.1) is 0 Å². The molecule has 1 saturated heterocycles. The predicted molar refractivity (Wildman–Crippen MR) is 86.6 cm³/mol. The first-order valence-corrected chi connectivity index (χ1v) is 7.77. The number of carbonyl (C=O) groups excluding carboxylic acids is 2. The third kappa shape index (κ3) is 3.11. The van der Waals surface area contributed by atoms with Gasteiger partial charge in [-0.15, -0.1) is 0 Å². The van der Waals surface area contributed by atoms with Crippen molar-refractivity contribution in [2.45, 2.75) is 12.5 Å². The third-order valence-electron chi connectivity index (χ3n) is 3.54. The number of methoxy groups -OCH3 is 1. The molecule has 2 aliphatic rings. The zero-order chi connectivity index (χ0) is 17.3. The molecule has 0 radical (unpaired) electrons. The van der Waals surface area contributed by atoms with Crippen molar-refractivity contribution in [3.8, 4) is 5.75 Å². The number of thioether (sulfide) groups is 1. The summed E-state index contributed by atoms with van der Waals surface area (Å²) >= 11 is 0.717. The fourth-order valence-electron chi connectivity index (χ4n) is 2.34. The number of aliphatic carboxylic acids is 1. The van der Waals surface area contributed by atoms with Gasteiger partial charge in [0.05, 0.1) is 12.8 Å². The van der Waals surface area contributed by atoms with Crippen molar-refractivity contribution in [1.82, 2.24) is 10.3 Å². The van der Waals surface area contributed by atoms with Crippen molar-refractivity contribution in [3.05, 3.63) is 40.9 Å². The summed E-state index contributed by atoms with van der Waals surface area (Å²) in [6.07, 6.45) is 1.48. The molecule has 2 aliphatic heterocycles. The first-order chi connectivity index (χ1) is 11.5. The summed E-state index contributed by atoms with van der Waals surface area (Å²) in [6, 6.07) is 6.15. The molecule has 2 amide bonds. The summed E-state index contributed by atoms with van der Waals surface area (Å²) in [7, 11) is 1.56. The average molecular weight is 347 g/mol. The van der Waals surface area contributed by atoms with Crippen molar-refractivity contribution in [1.29, 1.82) is 0 Å². The normalized spacial score (nSPS) is 21.9. The Bertz CT molecular complexity index is 772. The molecule has 2 heterocycles. The van der Waals surface area contributed by atoms with E-state index >= 15 is 0 Å². The largest absolute Gasteiger partial charge is 0.497 e. The third-order valence-corrected chi connectivity index (χ3v) is 4.34. The maximum atomic E-state index is 11.6.